The molecule has 1 aliphatic carbocycles. The van der Waals surface area contributed by atoms with E-state index in [1.165, 1.54) is 12.1 Å². The number of carbonyl (C=O) groups is 2. The fourth-order valence-corrected chi connectivity index (χ4v) is 4.37. The first-order valence-corrected chi connectivity index (χ1v) is 10.5. The number of hydrogen-bond donors (Lipinski definition) is 2. The minimum atomic E-state index is -5.02. The van der Waals surface area contributed by atoms with Gasteiger partial charge in [0, 0.05) is 21.8 Å². The van der Waals surface area contributed by atoms with Gasteiger partial charge < -0.3 is 15.6 Å². The maximum absolute atomic E-state index is 13.2. The van der Waals surface area contributed by atoms with E-state index in [1.54, 1.807) is 37.3 Å². The fourth-order valence-electron chi connectivity index (χ4n) is 3.51. The quantitative estimate of drug-likeness (QED) is 0.259. The molecule has 0 spiro atoms. The standard InChI is InChI=1S/C21H15ClN2O5S.Na/c1-10-8-11(22)6-7-14(10)24-15-9-16(30(27,28)29)19(23)18-17(15)20(25)12-4-2-3-5-13(12)21(18)26;/h2-9,24H,23H2,1H3,(H,27,28,29);/q;+1/p-1. The van der Waals surface area contributed by atoms with Crippen LogP contribution in [0.3, 0.4) is 0 Å². The topological polar surface area (TPSA) is 129 Å². The molecule has 0 amide bonds. The van der Waals surface area contributed by atoms with Crippen molar-refractivity contribution in [2.45, 2.75) is 11.8 Å². The van der Waals surface area contributed by atoms with Crippen molar-refractivity contribution in [1.29, 1.82) is 0 Å². The van der Waals surface area contributed by atoms with Crippen molar-refractivity contribution in [3.05, 3.63) is 81.4 Å². The number of nitrogens with one attached hydrogen (secondary N) is 1. The van der Waals surface area contributed by atoms with Crippen LogP contribution in [0, 0.1) is 6.92 Å². The molecule has 0 heterocycles. The number of aryl methyl sites for hydroxylation is 1. The molecule has 7 nitrogen and oxygen atoms in total. The summed E-state index contributed by atoms with van der Waals surface area (Å²) in [5.74, 6) is -1.13. The normalized spacial score (nSPS) is 12.6. The summed E-state index contributed by atoms with van der Waals surface area (Å²) in [6.45, 7) is 1.76. The van der Waals surface area contributed by atoms with Crippen LogP contribution in [-0.2, 0) is 10.1 Å². The molecule has 0 bridgehead atoms. The van der Waals surface area contributed by atoms with Crippen molar-refractivity contribution in [3.8, 4) is 0 Å². The average molecular weight is 465 g/mol. The van der Waals surface area contributed by atoms with Gasteiger partial charge in [0.25, 0.3) is 0 Å². The van der Waals surface area contributed by atoms with Crippen molar-refractivity contribution in [2.75, 3.05) is 11.1 Å². The predicted octanol–water partition coefficient (Wildman–Crippen LogP) is 0.658. The van der Waals surface area contributed by atoms with Crippen LogP contribution in [0.25, 0.3) is 0 Å². The Bertz CT molecular complexity index is 1370. The molecule has 1 aliphatic rings. The van der Waals surface area contributed by atoms with Gasteiger partial charge in [-0.2, -0.15) is 0 Å². The Labute approximate surface area is 205 Å². The summed E-state index contributed by atoms with van der Waals surface area (Å²) in [7, 11) is -5.02. The molecule has 152 valence electrons. The predicted molar refractivity (Wildman–Crippen MR) is 112 cm³/mol. The summed E-state index contributed by atoms with van der Waals surface area (Å²) in [4.78, 5) is 25.5. The molecule has 0 radical (unpaired) electrons. The maximum atomic E-state index is 13.2. The van der Waals surface area contributed by atoms with Gasteiger partial charge in [0.05, 0.1) is 27.4 Å². The summed E-state index contributed by atoms with van der Waals surface area (Å²) in [6, 6.07) is 12.0. The van der Waals surface area contributed by atoms with Crippen molar-refractivity contribution in [1.82, 2.24) is 0 Å². The molecule has 0 atom stereocenters. The number of ketones is 2. The number of carbonyl (C=O) groups excluding carboxylic acids is 2. The zero-order chi connectivity index (χ0) is 21.8. The SMILES string of the molecule is Cc1cc(Cl)ccc1Nc1cc(S(=O)(=O)[O-])c(N)c2c1C(=O)c1ccccc1C2=O.[Na+]. The molecule has 31 heavy (non-hydrogen) atoms. The van der Waals surface area contributed by atoms with E-state index in [0.717, 1.165) is 6.07 Å². The molecule has 3 N–H and O–H groups in total. The van der Waals surface area contributed by atoms with Gasteiger partial charge in [-0.1, -0.05) is 35.9 Å². The molecule has 0 saturated carbocycles. The Morgan fingerprint density at radius 3 is 2.06 bits per heavy atom. The van der Waals surface area contributed by atoms with Gasteiger partial charge in [-0.15, -0.1) is 0 Å². The van der Waals surface area contributed by atoms with Gasteiger partial charge >= 0.3 is 29.6 Å². The number of rotatable bonds is 3. The van der Waals surface area contributed by atoms with Gasteiger partial charge in [-0.3, -0.25) is 9.59 Å². The summed E-state index contributed by atoms with van der Waals surface area (Å²) in [6.07, 6.45) is 0. The van der Waals surface area contributed by atoms with E-state index < -0.39 is 32.3 Å². The smallest absolute Gasteiger partial charge is 0.744 e. The van der Waals surface area contributed by atoms with Crippen molar-refractivity contribution in [3.63, 3.8) is 0 Å². The average Bonchev–Trinajstić information content (AvgIpc) is 2.68. The Kier molecular flexibility index (Phi) is 6.35. The Morgan fingerprint density at radius 1 is 0.935 bits per heavy atom. The van der Waals surface area contributed by atoms with Crippen LogP contribution in [-0.4, -0.2) is 24.5 Å². The van der Waals surface area contributed by atoms with Gasteiger partial charge in [0.15, 0.2) is 11.6 Å². The third-order valence-electron chi connectivity index (χ3n) is 4.93. The fraction of sp³-hybridized carbons (Fsp3) is 0.0476. The first-order chi connectivity index (χ1) is 14.1. The van der Waals surface area contributed by atoms with Crippen LogP contribution in [0.4, 0.5) is 17.1 Å². The molecule has 4 rings (SSSR count). The second-order valence-electron chi connectivity index (χ2n) is 6.83. The molecular formula is C21H14ClN2NaO5S. The second-order valence-corrected chi connectivity index (χ2v) is 8.61. The van der Waals surface area contributed by atoms with Crippen LogP contribution in [0.2, 0.25) is 5.02 Å². The van der Waals surface area contributed by atoms with Gasteiger partial charge in [0.1, 0.15) is 10.1 Å². The molecule has 3 aromatic carbocycles. The maximum Gasteiger partial charge on any atom is 1.00 e. The first kappa shape index (κ1) is 23.5. The summed E-state index contributed by atoms with van der Waals surface area (Å²) in [5.41, 5.74) is 6.46. The van der Waals surface area contributed by atoms with Gasteiger partial charge in [-0.05, 0) is 36.8 Å². The van der Waals surface area contributed by atoms with Gasteiger partial charge in [-0.25, -0.2) is 8.42 Å². The second kappa shape index (κ2) is 8.38. The third kappa shape index (κ3) is 4.03. The first-order valence-electron chi connectivity index (χ1n) is 8.73. The molecule has 0 saturated heterocycles. The number of halogens is 1. The van der Waals surface area contributed by atoms with Crippen molar-refractivity contribution in [2.24, 2.45) is 0 Å². The minimum Gasteiger partial charge on any atom is -0.744 e. The van der Waals surface area contributed by atoms with Crippen molar-refractivity contribution < 1.29 is 52.1 Å². The molecular weight excluding hydrogens is 451 g/mol. The third-order valence-corrected chi connectivity index (χ3v) is 6.04. The molecule has 10 heteroatoms. The van der Waals surface area contributed by atoms with E-state index in [4.69, 9.17) is 17.3 Å². The van der Waals surface area contributed by atoms with Crippen LogP contribution >= 0.6 is 11.6 Å². The number of anilines is 3. The monoisotopic (exact) mass is 464 g/mol. The summed E-state index contributed by atoms with van der Waals surface area (Å²) >= 11 is 5.98. The van der Waals surface area contributed by atoms with Crippen LogP contribution in [0.1, 0.15) is 37.4 Å². The van der Waals surface area contributed by atoms with E-state index in [9.17, 15) is 22.6 Å². The van der Waals surface area contributed by atoms with E-state index in [2.05, 4.69) is 5.32 Å². The van der Waals surface area contributed by atoms with Crippen LogP contribution in [0.5, 0.6) is 0 Å². The molecule has 0 aliphatic heterocycles. The minimum absolute atomic E-state index is 0. The summed E-state index contributed by atoms with van der Waals surface area (Å²) < 4.78 is 35.4. The number of fused-ring (bicyclic) bond motifs is 2. The Hall–Kier alpha value is -2.20. The van der Waals surface area contributed by atoms with Crippen LogP contribution in [0.15, 0.2) is 53.4 Å². The van der Waals surface area contributed by atoms with Gasteiger partial charge in [0.2, 0.25) is 0 Å². The molecule has 0 fully saturated rings. The van der Waals surface area contributed by atoms with Crippen molar-refractivity contribution >= 4 is 50.3 Å². The largest absolute Gasteiger partial charge is 1.00 e. The number of nitrogen functional groups attached to an aromatic ring is 1. The molecule has 0 unspecified atom stereocenters. The zero-order valence-electron chi connectivity index (χ0n) is 16.5. The Morgan fingerprint density at radius 2 is 1.52 bits per heavy atom. The van der Waals surface area contributed by atoms with E-state index in [1.807, 2.05) is 0 Å². The Balaban J connectivity index is 0.00000272. The van der Waals surface area contributed by atoms with E-state index >= 15 is 0 Å². The summed E-state index contributed by atoms with van der Waals surface area (Å²) in [5, 5.41) is 3.44. The van der Waals surface area contributed by atoms with Crippen LogP contribution < -0.4 is 40.6 Å². The number of benzene rings is 3. The molecule has 0 aromatic heterocycles. The van der Waals surface area contributed by atoms with E-state index in [-0.39, 0.29) is 57.5 Å². The zero-order valence-corrected chi connectivity index (χ0v) is 20.1. The number of hydrogen-bond acceptors (Lipinski definition) is 7. The van der Waals surface area contributed by atoms with E-state index in [0.29, 0.717) is 16.3 Å². The molecule has 3 aromatic rings. The number of nitrogens with two attached hydrogens (primary N) is 1.